The molecule has 0 bridgehead atoms. The number of fused-ring (bicyclic) bond motifs is 1. The van der Waals surface area contributed by atoms with Gasteiger partial charge in [-0.1, -0.05) is 6.07 Å². The third kappa shape index (κ3) is 3.68. The first-order valence-electron chi connectivity index (χ1n) is 8.34. The van der Waals surface area contributed by atoms with Crippen LogP contribution in [0.4, 0.5) is 26.0 Å². The fraction of sp³-hybridized carbons (Fsp3) is 0.105. The Morgan fingerprint density at radius 2 is 1.71 bits per heavy atom. The quantitative estimate of drug-likeness (QED) is 0.716. The second-order valence-electron chi connectivity index (χ2n) is 5.82. The molecular formula is C19H14F2N4O3. The molecule has 1 aromatic heterocycles. The number of para-hydroxylation sites is 1. The molecule has 2 heterocycles. The number of benzene rings is 2. The van der Waals surface area contributed by atoms with Crippen molar-refractivity contribution in [1.82, 2.24) is 9.97 Å². The zero-order chi connectivity index (χ0) is 19.5. The van der Waals surface area contributed by atoms with Crippen LogP contribution >= 0.6 is 0 Å². The lowest BCUT2D eigenvalue weighted by Gasteiger charge is -2.19. The molecule has 7 nitrogen and oxygen atoms in total. The number of amides is 1. The molecule has 0 spiro atoms. The van der Waals surface area contributed by atoms with Crippen LogP contribution in [0.1, 0.15) is 10.5 Å². The number of hydrogen-bond donors (Lipinski definition) is 2. The summed E-state index contributed by atoms with van der Waals surface area (Å²) in [6.45, 7) is 0.952. The molecule has 1 aliphatic rings. The first-order chi connectivity index (χ1) is 13.6. The van der Waals surface area contributed by atoms with Gasteiger partial charge in [0.05, 0.1) is 0 Å². The monoisotopic (exact) mass is 384 g/mol. The van der Waals surface area contributed by atoms with E-state index in [0.717, 1.165) is 12.1 Å². The van der Waals surface area contributed by atoms with E-state index in [4.69, 9.17) is 9.47 Å². The van der Waals surface area contributed by atoms with Crippen molar-refractivity contribution in [3.8, 4) is 11.5 Å². The van der Waals surface area contributed by atoms with Crippen LogP contribution in [0.25, 0.3) is 0 Å². The molecule has 0 aliphatic carbocycles. The Kier molecular flexibility index (Phi) is 4.71. The van der Waals surface area contributed by atoms with Crippen LogP contribution in [0, 0.1) is 11.6 Å². The molecule has 0 radical (unpaired) electrons. The Morgan fingerprint density at radius 1 is 0.964 bits per heavy atom. The van der Waals surface area contributed by atoms with E-state index in [1.54, 1.807) is 18.2 Å². The molecule has 2 aromatic carbocycles. The number of carbonyl (C=O) groups is 1. The highest BCUT2D eigenvalue weighted by Gasteiger charge is 2.16. The number of rotatable bonds is 4. The average molecular weight is 384 g/mol. The second-order valence-corrected chi connectivity index (χ2v) is 5.82. The van der Waals surface area contributed by atoms with E-state index in [9.17, 15) is 13.6 Å². The van der Waals surface area contributed by atoms with Gasteiger partial charge in [0.2, 0.25) is 0 Å². The molecule has 3 aromatic rings. The van der Waals surface area contributed by atoms with Crippen LogP contribution in [0.5, 0.6) is 11.5 Å². The molecule has 0 unspecified atom stereocenters. The van der Waals surface area contributed by atoms with E-state index >= 15 is 0 Å². The topological polar surface area (TPSA) is 85.4 Å². The fourth-order valence-corrected chi connectivity index (χ4v) is 2.61. The van der Waals surface area contributed by atoms with Crippen LogP contribution in [0.15, 0.2) is 48.8 Å². The van der Waals surface area contributed by atoms with E-state index in [-0.39, 0.29) is 5.69 Å². The van der Waals surface area contributed by atoms with Gasteiger partial charge in [-0.25, -0.2) is 18.7 Å². The number of ether oxygens (including phenoxy) is 2. The Hall–Kier alpha value is -3.75. The maximum absolute atomic E-state index is 13.7. The average Bonchev–Trinajstić information content (AvgIpc) is 2.71. The molecule has 2 N–H and O–H groups in total. The van der Waals surface area contributed by atoms with E-state index in [2.05, 4.69) is 20.6 Å². The molecule has 4 rings (SSSR count). The Labute approximate surface area is 158 Å². The third-order valence-corrected chi connectivity index (χ3v) is 3.92. The van der Waals surface area contributed by atoms with Crippen molar-refractivity contribution in [3.63, 3.8) is 0 Å². The molecule has 0 saturated carbocycles. The molecule has 28 heavy (non-hydrogen) atoms. The molecule has 1 aliphatic heterocycles. The summed E-state index contributed by atoms with van der Waals surface area (Å²) in [6.07, 6.45) is 1.17. The molecule has 0 atom stereocenters. The number of nitrogens with zero attached hydrogens (tertiary/aromatic N) is 2. The molecule has 9 heteroatoms. The second kappa shape index (κ2) is 7.47. The SMILES string of the molecule is O=C(Nc1c(F)cccc1F)c1cc(Nc2ccc3c(c2)OCCO3)ncn1. The summed E-state index contributed by atoms with van der Waals surface area (Å²) in [5.74, 6) is -0.957. The first-order valence-corrected chi connectivity index (χ1v) is 8.34. The fourth-order valence-electron chi connectivity index (χ4n) is 2.61. The molecule has 142 valence electrons. The zero-order valence-electron chi connectivity index (χ0n) is 14.4. The van der Waals surface area contributed by atoms with Crippen LogP contribution in [0.3, 0.4) is 0 Å². The van der Waals surface area contributed by atoms with E-state index in [0.29, 0.717) is 36.2 Å². The Bertz CT molecular complexity index is 1030. The van der Waals surface area contributed by atoms with Gasteiger partial charge in [0.1, 0.15) is 48.4 Å². The van der Waals surface area contributed by atoms with Gasteiger partial charge in [0.15, 0.2) is 11.5 Å². The largest absolute Gasteiger partial charge is 0.486 e. The number of halogens is 2. The minimum Gasteiger partial charge on any atom is -0.486 e. The number of nitrogens with one attached hydrogen (secondary N) is 2. The maximum Gasteiger partial charge on any atom is 0.274 e. The first kappa shape index (κ1) is 17.7. The summed E-state index contributed by atoms with van der Waals surface area (Å²) in [4.78, 5) is 20.2. The van der Waals surface area contributed by atoms with E-state index in [1.165, 1.54) is 18.5 Å². The molecule has 1 amide bonds. The van der Waals surface area contributed by atoms with Crippen molar-refractivity contribution in [2.45, 2.75) is 0 Å². The van der Waals surface area contributed by atoms with Gasteiger partial charge in [-0.3, -0.25) is 4.79 Å². The summed E-state index contributed by atoms with van der Waals surface area (Å²) in [5.41, 5.74) is 0.0691. The summed E-state index contributed by atoms with van der Waals surface area (Å²) in [7, 11) is 0. The summed E-state index contributed by atoms with van der Waals surface area (Å²) in [5, 5.41) is 5.20. The van der Waals surface area contributed by atoms with Crippen LogP contribution in [0.2, 0.25) is 0 Å². The minimum atomic E-state index is -0.878. The van der Waals surface area contributed by atoms with Crippen molar-refractivity contribution in [2.75, 3.05) is 23.8 Å². The van der Waals surface area contributed by atoms with Crippen molar-refractivity contribution >= 4 is 23.1 Å². The van der Waals surface area contributed by atoms with Gasteiger partial charge in [0, 0.05) is 17.8 Å². The van der Waals surface area contributed by atoms with Gasteiger partial charge in [-0.05, 0) is 24.3 Å². The number of aromatic nitrogens is 2. The zero-order valence-corrected chi connectivity index (χ0v) is 14.4. The Morgan fingerprint density at radius 3 is 2.50 bits per heavy atom. The summed E-state index contributed by atoms with van der Waals surface area (Å²) >= 11 is 0. The van der Waals surface area contributed by atoms with Gasteiger partial charge >= 0.3 is 0 Å². The van der Waals surface area contributed by atoms with Crippen molar-refractivity contribution in [3.05, 3.63) is 66.1 Å². The highest BCUT2D eigenvalue weighted by Crippen LogP contribution is 2.33. The highest BCUT2D eigenvalue weighted by atomic mass is 19.1. The number of anilines is 3. The number of hydrogen-bond acceptors (Lipinski definition) is 6. The molecule has 0 fully saturated rings. The predicted molar refractivity (Wildman–Crippen MR) is 97.1 cm³/mol. The smallest absolute Gasteiger partial charge is 0.274 e. The van der Waals surface area contributed by atoms with Crippen LogP contribution in [-0.2, 0) is 0 Å². The normalized spacial score (nSPS) is 12.4. The predicted octanol–water partition coefficient (Wildman–Crippen LogP) is 3.52. The minimum absolute atomic E-state index is 0.0577. The van der Waals surface area contributed by atoms with Crippen molar-refractivity contribution in [1.29, 1.82) is 0 Å². The summed E-state index contributed by atoms with van der Waals surface area (Å²) in [6, 6.07) is 9.94. The Balaban J connectivity index is 1.52. The van der Waals surface area contributed by atoms with E-state index in [1.807, 2.05) is 0 Å². The van der Waals surface area contributed by atoms with Crippen molar-refractivity contribution < 1.29 is 23.0 Å². The van der Waals surface area contributed by atoms with Gasteiger partial charge in [0.25, 0.3) is 5.91 Å². The molecular weight excluding hydrogens is 370 g/mol. The lowest BCUT2D eigenvalue weighted by Crippen LogP contribution is -2.16. The van der Waals surface area contributed by atoms with Crippen molar-refractivity contribution in [2.24, 2.45) is 0 Å². The van der Waals surface area contributed by atoms with E-state index < -0.39 is 23.2 Å². The van der Waals surface area contributed by atoms with Gasteiger partial charge in [-0.15, -0.1) is 0 Å². The highest BCUT2D eigenvalue weighted by molar-refractivity contribution is 6.03. The standard InChI is InChI=1S/C19H14F2N4O3/c20-12-2-1-3-13(21)18(12)25-19(26)14-9-17(23-10-22-14)24-11-4-5-15-16(8-11)28-7-6-27-15/h1-5,8-10H,6-7H2,(H,25,26)(H,22,23,24). The lowest BCUT2D eigenvalue weighted by atomic mass is 10.2. The van der Waals surface area contributed by atoms with Crippen LogP contribution in [-0.4, -0.2) is 29.1 Å². The lowest BCUT2D eigenvalue weighted by molar-refractivity contribution is 0.102. The molecule has 0 saturated heterocycles. The number of carbonyl (C=O) groups excluding carboxylic acids is 1. The van der Waals surface area contributed by atoms with Gasteiger partial charge < -0.3 is 20.1 Å². The maximum atomic E-state index is 13.7. The van der Waals surface area contributed by atoms with Gasteiger partial charge in [-0.2, -0.15) is 0 Å². The third-order valence-electron chi connectivity index (χ3n) is 3.92. The van der Waals surface area contributed by atoms with Crippen LogP contribution < -0.4 is 20.1 Å². The summed E-state index contributed by atoms with van der Waals surface area (Å²) < 4.78 is 38.4.